The molecule has 1 saturated heterocycles. The zero-order chi connectivity index (χ0) is 20.9. The van der Waals surface area contributed by atoms with Gasteiger partial charge in [-0.25, -0.2) is 0 Å². The lowest BCUT2D eigenvalue weighted by Gasteiger charge is -2.33. The second kappa shape index (κ2) is 8.90. The van der Waals surface area contributed by atoms with Crippen LogP contribution in [0.3, 0.4) is 0 Å². The molecule has 4 rings (SSSR count). The molecule has 2 heterocycles. The number of para-hydroxylation sites is 1. The first-order valence-corrected chi connectivity index (χ1v) is 10.1. The van der Waals surface area contributed by atoms with Crippen molar-refractivity contribution in [2.24, 2.45) is 0 Å². The number of benzene rings is 2. The molecule has 1 aliphatic rings. The van der Waals surface area contributed by atoms with Crippen LogP contribution in [0.25, 0.3) is 11.3 Å². The van der Waals surface area contributed by atoms with Crippen LogP contribution >= 0.6 is 0 Å². The second-order valence-corrected chi connectivity index (χ2v) is 7.31. The van der Waals surface area contributed by atoms with Gasteiger partial charge in [-0.2, -0.15) is 5.10 Å². The van der Waals surface area contributed by atoms with Crippen LogP contribution in [-0.4, -0.2) is 49.5 Å². The molecule has 2 N–H and O–H groups in total. The van der Waals surface area contributed by atoms with Gasteiger partial charge in [0.05, 0.1) is 25.5 Å². The van der Waals surface area contributed by atoms with Crippen molar-refractivity contribution in [1.29, 1.82) is 0 Å². The quantitative estimate of drug-likeness (QED) is 0.655. The van der Waals surface area contributed by atoms with Gasteiger partial charge in [0, 0.05) is 25.2 Å². The van der Waals surface area contributed by atoms with Crippen molar-refractivity contribution in [3.63, 3.8) is 0 Å². The first-order chi connectivity index (χ1) is 14.7. The Morgan fingerprint density at radius 2 is 1.97 bits per heavy atom. The SMILES string of the molecule is COc1cccc(C(=O)N[C@@H]2CCCN(c3cc(-c4ccccc4)[nH]n3)C2)c1OC. The van der Waals surface area contributed by atoms with Gasteiger partial charge in [-0.3, -0.25) is 9.89 Å². The molecular weight excluding hydrogens is 380 g/mol. The highest BCUT2D eigenvalue weighted by Gasteiger charge is 2.25. The highest BCUT2D eigenvalue weighted by atomic mass is 16.5. The van der Waals surface area contributed by atoms with Gasteiger partial charge in [0.25, 0.3) is 5.91 Å². The van der Waals surface area contributed by atoms with Crippen molar-refractivity contribution >= 4 is 11.7 Å². The molecule has 0 bridgehead atoms. The smallest absolute Gasteiger partial charge is 0.255 e. The standard InChI is InChI=1S/C23H26N4O3/c1-29-20-12-6-11-18(22(20)30-2)23(28)24-17-10-7-13-27(15-17)21-14-19(25-26-21)16-8-4-3-5-9-16/h3-6,8-9,11-12,14,17H,7,10,13,15H2,1-2H3,(H,24,28)(H,25,26)/t17-/m1/s1. The van der Waals surface area contributed by atoms with Crippen molar-refractivity contribution in [3.05, 3.63) is 60.2 Å². The fourth-order valence-electron chi connectivity index (χ4n) is 3.87. The maximum atomic E-state index is 12.9. The van der Waals surface area contributed by atoms with Crippen molar-refractivity contribution in [2.45, 2.75) is 18.9 Å². The van der Waals surface area contributed by atoms with Crippen LogP contribution < -0.4 is 19.7 Å². The number of aromatic amines is 1. The van der Waals surface area contributed by atoms with E-state index in [2.05, 4.69) is 38.6 Å². The number of ether oxygens (including phenoxy) is 2. The van der Waals surface area contributed by atoms with Gasteiger partial charge in [0.15, 0.2) is 17.3 Å². The van der Waals surface area contributed by atoms with Gasteiger partial charge in [-0.1, -0.05) is 36.4 Å². The lowest BCUT2D eigenvalue weighted by molar-refractivity contribution is 0.0929. The number of hydrogen-bond acceptors (Lipinski definition) is 5. The van der Waals surface area contributed by atoms with E-state index in [1.54, 1.807) is 32.4 Å². The van der Waals surface area contributed by atoms with Crippen LogP contribution in [0.4, 0.5) is 5.82 Å². The van der Waals surface area contributed by atoms with Crippen LogP contribution in [0.2, 0.25) is 0 Å². The molecule has 1 fully saturated rings. The molecule has 30 heavy (non-hydrogen) atoms. The molecule has 0 unspecified atom stereocenters. The summed E-state index contributed by atoms with van der Waals surface area (Å²) >= 11 is 0. The van der Waals surface area contributed by atoms with Gasteiger partial charge in [-0.15, -0.1) is 0 Å². The maximum absolute atomic E-state index is 12.9. The minimum absolute atomic E-state index is 0.0269. The number of anilines is 1. The lowest BCUT2D eigenvalue weighted by atomic mass is 10.0. The van der Waals surface area contributed by atoms with Crippen LogP contribution in [0.5, 0.6) is 11.5 Å². The zero-order valence-corrected chi connectivity index (χ0v) is 17.2. The number of carbonyl (C=O) groups is 1. The lowest BCUT2D eigenvalue weighted by Crippen LogP contribution is -2.48. The highest BCUT2D eigenvalue weighted by Crippen LogP contribution is 2.31. The van der Waals surface area contributed by atoms with Gasteiger partial charge < -0.3 is 19.7 Å². The van der Waals surface area contributed by atoms with E-state index < -0.39 is 0 Å². The Labute approximate surface area is 176 Å². The van der Waals surface area contributed by atoms with Crippen LogP contribution in [0, 0.1) is 0 Å². The molecular formula is C23H26N4O3. The van der Waals surface area contributed by atoms with E-state index in [0.29, 0.717) is 23.6 Å². The zero-order valence-electron chi connectivity index (χ0n) is 17.2. The average molecular weight is 406 g/mol. The molecule has 0 saturated carbocycles. The van der Waals surface area contributed by atoms with E-state index in [9.17, 15) is 4.79 Å². The normalized spacial score (nSPS) is 16.2. The number of H-pyrrole nitrogens is 1. The number of amides is 1. The summed E-state index contributed by atoms with van der Waals surface area (Å²) in [5.41, 5.74) is 2.56. The number of rotatable bonds is 6. The number of nitrogens with one attached hydrogen (secondary N) is 2. The number of nitrogens with zero attached hydrogens (tertiary/aromatic N) is 2. The first kappa shape index (κ1) is 19.8. The third-order valence-corrected chi connectivity index (χ3v) is 5.38. The molecule has 1 aliphatic heterocycles. The number of methoxy groups -OCH3 is 2. The molecule has 7 heteroatoms. The fourth-order valence-corrected chi connectivity index (χ4v) is 3.87. The number of carbonyl (C=O) groups excluding carboxylic acids is 1. The summed E-state index contributed by atoms with van der Waals surface area (Å²) in [4.78, 5) is 15.1. The Morgan fingerprint density at radius 3 is 2.73 bits per heavy atom. The van der Waals surface area contributed by atoms with Crippen LogP contribution in [0.15, 0.2) is 54.6 Å². The molecule has 2 aromatic carbocycles. The molecule has 7 nitrogen and oxygen atoms in total. The van der Waals surface area contributed by atoms with Gasteiger partial charge in [-0.05, 0) is 30.5 Å². The van der Waals surface area contributed by atoms with E-state index >= 15 is 0 Å². The summed E-state index contributed by atoms with van der Waals surface area (Å²) < 4.78 is 10.7. The second-order valence-electron chi connectivity index (χ2n) is 7.31. The van der Waals surface area contributed by atoms with Crippen LogP contribution in [-0.2, 0) is 0 Å². The number of piperidine rings is 1. The molecule has 1 aromatic heterocycles. The predicted molar refractivity (Wildman–Crippen MR) is 116 cm³/mol. The number of aromatic nitrogens is 2. The number of hydrogen-bond donors (Lipinski definition) is 2. The third-order valence-electron chi connectivity index (χ3n) is 5.38. The highest BCUT2D eigenvalue weighted by molar-refractivity contribution is 5.98. The molecule has 1 amide bonds. The van der Waals surface area contributed by atoms with E-state index in [1.165, 1.54) is 0 Å². The van der Waals surface area contributed by atoms with Crippen molar-refractivity contribution < 1.29 is 14.3 Å². The monoisotopic (exact) mass is 406 g/mol. The fraction of sp³-hybridized carbons (Fsp3) is 0.304. The third kappa shape index (κ3) is 4.10. The Hall–Kier alpha value is -3.48. The largest absolute Gasteiger partial charge is 0.493 e. The molecule has 0 spiro atoms. The van der Waals surface area contributed by atoms with Crippen molar-refractivity contribution in [3.8, 4) is 22.8 Å². The Kier molecular flexibility index (Phi) is 5.88. The van der Waals surface area contributed by atoms with E-state index in [0.717, 1.165) is 36.5 Å². The van der Waals surface area contributed by atoms with E-state index in [4.69, 9.17) is 9.47 Å². The maximum Gasteiger partial charge on any atom is 0.255 e. The van der Waals surface area contributed by atoms with Crippen molar-refractivity contribution in [2.75, 3.05) is 32.2 Å². The van der Waals surface area contributed by atoms with Crippen molar-refractivity contribution in [1.82, 2.24) is 15.5 Å². The summed E-state index contributed by atoms with van der Waals surface area (Å²) in [6.45, 7) is 1.62. The Bertz CT molecular complexity index is 1000. The minimum Gasteiger partial charge on any atom is -0.493 e. The van der Waals surface area contributed by atoms with Gasteiger partial charge in [0.2, 0.25) is 0 Å². The van der Waals surface area contributed by atoms with Gasteiger partial charge in [0.1, 0.15) is 0 Å². The Morgan fingerprint density at radius 1 is 1.13 bits per heavy atom. The summed E-state index contributed by atoms with van der Waals surface area (Å²) in [6, 6.07) is 17.5. The van der Waals surface area contributed by atoms with E-state index in [1.807, 2.05) is 18.2 Å². The Balaban J connectivity index is 1.45. The van der Waals surface area contributed by atoms with Crippen LogP contribution in [0.1, 0.15) is 23.2 Å². The summed E-state index contributed by atoms with van der Waals surface area (Å²) in [5, 5.41) is 10.8. The molecule has 3 aromatic rings. The first-order valence-electron chi connectivity index (χ1n) is 10.1. The molecule has 156 valence electrons. The van der Waals surface area contributed by atoms with Gasteiger partial charge >= 0.3 is 0 Å². The summed E-state index contributed by atoms with van der Waals surface area (Å²) in [5.74, 6) is 1.72. The topological polar surface area (TPSA) is 79.5 Å². The average Bonchev–Trinajstić information content (AvgIpc) is 3.29. The predicted octanol–water partition coefficient (Wildman–Crippen LogP) is 3.49. The summed E-state index contributed by atoms with van der Waals surface area (Å²) in [6.07, 6.45) is 1.90. The molecule has 0 radical (unpaired) electrons. The molecule has 1 atom stereocenters. The van der Waals surface area contributed by atoms with E-state index in [-0.39, 0.29) is 11.9 Å². The summed E-state index contributed by atoms with van der Waals surface area (Å²) in [7, 11) is 3.10. The minimum atomic E-state index is -0.162. The molecule has 0 aliphatic carbocycles.